The van der Waals surface area contributed by atoms with Gasteiger partial charge < -0.3 is 9.64 Å². The molecular weight excluding hydrogens is 262 g/mol. The van der Waals surface area contributed by atoms with E-state index < -0.39 is 0 Å². The average Bonchev–Trinajstić information content (AvgIpc) is 3.10. The summed E-state index contributed by atoms with van der Waals surface area (Å²) in [5.74, 6) is 0.818. The normalized spacial score (nSPS) is 21.8. The number of rotatable bonds is 5. The molecule has 0 saturated carbocycles. The summed E-state index contributed by atoms with van der Waals surface area (Å²) in [4.78, 5) is 14.7. The third-order valence-electron chi connectivity index (χ3n) is 4.81. The van der Waals surface area contributed by atoms with Gasteiger partial charge in [-0.15, -0.1) is 0 Å². The molecule has 1 fully saturated rings. The minimum Gasteiger partial charge on any atom is -0.380 e. The molecule has 2 aliphatic rings. The predicted molar refractivity (Wildman–Crippen MR) is 83.2 cm³/mol. The van der Waals surface area contributed by atoms with Gasteiger partial charge >= 0.3 is 0 Å². The number of hydrogen-bond acceptors (Lipinski definition) is 2. The number of likely N-dealkylation sites (tertiary alicyclic amines) is 1. The first-order valence-corrected chi connectivity index (χ1v) is 8.22. The van der Waals surface area contributed by atoms with E-state index in [-0.39, 0.29) is 0 Å². The Balaban J connectivity index is 1.55. The first-order chi connectivity index (χ1) is 10.3. The Kier molecular flexibility index (Phi) is 4.59. The molecule has 114 valence electrons. The van der Waals surface area contributed by atoms with Gasteiger partial charge in [-0.2, -0.15) is 0 Å². The van der Waals surface area contributed by atoms with Crippen LogP contribution in [0.25, 0.3) is 0 Å². The van der Waals surface area contributed by atoms with Crippen molar-refractivity contribution >= 4 is 5.91 Å². The van der Waals surface area contributed by atoms with Crippen LogP contribution in [0.3, 0.4) is 0 Å². The van der Waals surface area contributed by atoms with E-state index in [1.54, 1.807) is 0 Å². The number of carbonyl (C=O) groups excluding carboxylic acids is 1. The molecule has 21 heavy (non-hydrogen) atoms. The molecule has 1 aromatic carbocycles. The van der Waals surface area contributed by atoms with Crippen LogP contribution in [0.5, 0.6) is 0 Å². The van der Waals surface area contributed by atoms with E-state index in [1.807, 2.05) is 6.92 Å². The maximum absolute atomic E-state index is 12.6. The van der Waals surface area contributed by atoms with Crippen LogP contribution < -0.4 is 0 Å². The van der Waals surface area contributed by atoms with Crippen molar-refractivity contribution in [2.45, 2.75) is 45.1 Å². The number of fused-ring (bicyclic) bond motifs is 1. The molecule has 3 heteroatoms. The summed E-state index contributed by atoms with van der Waals surface area (Å²) in [6.07, 6.45) is 5.03. The first-order valence-electron chi connectivity index (χ1n) is 8.22. The molecule has 0 N–H and O–H groups in total. The molecule has 1 aliphatic heterocycles. The van der Waals surface area contributed by atoms with Gasteiger partial charge in [0.25, 0.3) is 0 Å². The molecule has 1 heterocycles. The Hall–Kier alpha value is -1.35. The van der Waals surface area contributed by atoms with E-state index in [1.165, 1.54) is 11.1 Å². The zero-order chi connectivity index (χ0) is 14.7. The molecule has 1 aliphatic carbocycles. The summed E-state index contributed by atoms with van der Waals surface area (Å²) in [6, 6.07) is 8.91. The molecule has 0 bridgehead atoms. The van der Waals surface area contributed by atoms with Gasteiger partial charge in [-0.1, -0.05) is 24.3 Å². The molecule has 0 aromatic heterocycles. The van der Waals surface area contributed by atoms with Crippen LogP contribution in [0.15, 0.2) is 24.3 Å². The number of benzene rings is 1. The van der Waals surface area contributed by atoms with Gasteiger partial charge in [0.05, 0.1) is 12.6 Å². The van der Waals surface area contributed by atoms with Crippen LogP contribution in [-0.4, -0.2) is 36.6 Å². The average molecular weight is 287 g/mol. The molecule has 1 atom stereocenters. The van der Waals surface area contributed by atoms with Crippen molar-refractivity contribution in [3.8, 4) is 0 Å². The van der Waals surface area contributed by atoms with Crippen LogP contribution in [0.2, 0.25) is 0 Å². The molecule has 3 nitrogen and oxygen atoms in total. The highest BCUT2D eigenvalue weighted by atomic mass is 16.5. The summed E-state index contributed by atoms with van der Waals surface area (Å²) in [5.41, 5.74) is 2.87. The molecule has 3 rings (SSSR count). The molecule has 1 saturated heterocycles. The molecule has 1 amide bonds. The quantitative estimate of drug-likeness (QED) is 0.833. The monoisotopic (exact) mass is 287 g/mol. The Morgan fingerprint density at radius 1 is 1.29 bits per heavy atom. The van der Waals surface area contributed by atoms with E-state index in [2.05, 4.69) is 29.2 Å². The van der Waals surface area contributed by atoms with Crippen LogP contribution in [0.4, 0.5) is 0 Å². The minimum absolute atomic E-state index is 0.307. The molecule has 0 spiro atoms. The summed E-state index contributed by atoms with van der Waals surface area (Å²) in [6.45, 7) is 4.36. The third kappa shape index (κ3) is 3.29. The lowest BCUT2D eigenvalue weighted by Gasteiger charge is -2.25. The van der Waals surface area contributed by atoms with Gasteiger partial charge in [0.2, 0.25) is 5.91 Å². The van der Waals surface area contributed by atoms with Crippen molar-refractivity contribution in [2.75, 3.05) is 19.8 Å². The summed E-state index contributed by atoms with van der Waals surface area (Å²) in [5, 5.41) is 0. The minimum atomic E-state index is 0.307. The summed E-state index contributed by atoms with van der Waals surface area (Å²) >= 11 is 0. The fourth-order valence-electron chi connectivity index (χ4n) is 3.75. The van der Waals surface area contributed by atoms with Crippen molar-refractivity contribution < 1.29 is 9.53 Å². The van der Waals surface area contributed by atoms with Gasteiger partial charge in [0.1, 0.15) is 0 Å². The SMILES string of the molecule is CCOCC1CCCN1C(=O)CC1Cc2ccccc2C1. The number of nitrogens with zero attached hydrogens (tertiary/aromatic N) is 1. The number of hydrogen-bond donors (Lipinski definition) is 0. The molecule has 1 aromatic rings. The van der Waals surface area contributed by atoms with E-state index in [0.717, 1.165) is 38.8 Å². The van der Waals surface area contributed by atoms with Crippen molar-refractivity contribution in [1.29, 1.82) is 0 Å². The van der Waals surface area contributed by atoms with Crippen LogP contribution in [0.1, 0.15) is 37.3 Å². The first kappa shape index (κ1) is 14.6. The van der Waals surface area contributed by atoms with Crippen molar-refractivity contribution in [3.63, 3.8) is 0 Å². The fraction of sp³-hybridized carbons (Fsp3) is 0.611. The highest BCUT2D eigenvalue weighted by Gasteiger charge is 2.31. The molecular formula is C18H25NO2. The fourth-order valence-corrected chi connectivity index (χ4v) is 3.75. The highest BCUT2D eigenvalue weighted by Crippen LogP contribution is 2.30. The lowest BCUT2D eigenvalue weighted by atomic mass is 10.0. The smallest absolute Gasteiger partial charge is 0.223 e. The van der Waals surface area contributed by atoms with E-state index in [0.29, 0.717) is 30.9 Å². The van der Waals surface area contributed by atoms with E-state index in [4.69, 9.17) is 4.74 Å². The molecule has 1 unspecified atom stereocenters. The Bertz CT molecular complexity index is 475. The Labute approximate surface area is 127 Å². The maximum Gasteiger partial charge on any atom is 0.223 e. The highest BCUT2D eigenvalue weighted by molar-refractivity contribution is 5.77. The number of ether oxygens (including phenoxy) is 1. The second kappa shape index (κ2) is 6.61. The van der Waals surface area contributed by atoms with Gasteiger partial charge in [-0.25, -0.2) is 0 Å². The summed E-state index contributed by atoms with van der Waals surface area (Å²) in [7, 11) is 0. The van der Waals surface area contributed by atoms with E-state index in [9.17, 15) is 4.79 Å². The van der Waals surface area contributed by atoms with Crippen LogP contribution >= 0.6 is 0 Å². The zero-order valence-electron chi connectivity index (χ0n) is 12.9. The number of amides is 1. The van der Waals surface area contributed by atoms with Gasteiger partial charge in [0.15, 0.2) is 0 Å². The zero-order valence-corrected chi connectivity index (χ0v) is 12.9. The Morgan fingerprint density at radius 2 is 2.00 bits per heavy atom. The second-order valence-electron chi connectivity index (χ2n) is 6.29. The maximum atomic E-state index is 12.6. The largest absolute Gasteiger partial charge is 0.380 e. The second-order valence-corrected chi connectivity index (χ2v) is 6.29. The van der Waals surface area contributed by atoms with Crippen molar-refractivity contribution in [1.82, 2.24) is 4.90 Å². The predicted octanol–water partition coefficient (Wildman–Crippen LogP) is 2.82. The van der Waals surface area contributed by atoms with Crippen molar-refractivity contribution in [2.24, 2.45) is 5.92 Å². The van der Waals surface area contributed by atoms with Crippen molar-refractivity contribution in [3.05, 3.63) is 35.4 Å². The summed E-state index contributed by atoms with van der Waals surface area (Å²) < 4.78 is 5.52. The van der Waals surface area contributed by atoms with Gasteiger partial charge in [-0.05, 0) is 49.7 Å². The molecule has 0 radical (unpaired) electrons. The lowest BCUT2D eigenvalue weighted by molar-refractivity contribution is -0.134. The van der Waals surface area contributed by atoms with Crippen LogP contribution in [-0.2, 0) is 22.4 Å². The topological polar surface area (TPSA) is 29.5 Å². The van der Waals surface area contributed by atoms with Gasteiger partial charge in [0, 0.05) is 19.6 Å². The number of carbonyl (C=O) groups is 1. The van der Waals surface area contributed by atoms with Crippen LogP contribution in [0, 0.1) is 5.92 Å². The Morgan fingerprint density at radius 3 is 2.67 bits per heavy atom. The lowest BCUT2D eigenvalue weighted by Crippen LogP contribution is -2.39. The standard InChI is InChI=1S/C18H25NO2/c1-2-21-13-17-8-5-9-19(17)18(20)12-14-10-15-6-3-4-7-16(15)11-14/h3-4,6-7,14,17H,2,5,8-13H2,1H3. The third-order valence-corrected chi connectivity index (χ3v) is 4.81. The van der Waals surface area contributed by atoms with Gasteiger partial charge in [-0.3, -0.25) is 4.79 Å². The van der Waals surface area contributed by atoms with E-state index >= 15 is 0 Å².